The maximum atomic E-state index is 13.1. The zero-order chi connectivity index (χ0) is 19.1. The van der Waals surface area contributed by atoms with Gasteiger partial charge < -0.3 is 15.0 Å². The molecule has 1 saturated heterocycles. The van der Waals surface area contributed by atoms with Crippen LogP contribution in [0.5, 0.6) is 0 Å². The van der Waals surface area contributed by atoms with Crippen molar-refractivity contribution in [1.29, 1.82) is 0 Å². The summed E-state index contributed by atoms with van der Waals surface area (Å²) in [6.45, 7) is 0.870. The summed E-state index contributed by atoms with van der Waals surface area (Å²) in [5.74, 6) is 1.41. The standard InChI is InChI=1S/C19H19N7O2/c27-9-8-26-17(24-13-5-2-1-4-12(13)19(26)28)14-6-3-7-25(14)18-15-16(21-10-20-15)22-11-23-18/h1-2,4-5,10-11,14,27H,3,6-9H2,(H,20,21,22,23). The van der Waals surface area contributed by atoms with E-state index in [2.05, 4.69) is 24.8 Å². The molecule has 5 rings (SSSR count). The van der Waals surface area contributed by atoms with E-state index in [1.165, 1.54) is 6.33 Å². The highest BCUT2D eigenvalue weighted by Gasteiger charge is 2.32. The topological polar surface area (TPSA) is 113 Å². The predicted molar refractivity (Wildman–Crippen MR) is 104 cm³/mol. The van der Waals surface area contributed by atoms with Crippen LogP contribution in [0.1, 0.15) is 24.7 Å². The first kappa shape index (κ1) is 16.8. The summed E-state index contributed by atoms with van der Waals surface area (Å²) in [5.41, 5.74) is 1.91. The highest BCUT2D eigenvalue weighted by molar-refractivity contribution is 5.83. The average Bonchev–Trinajstić information content (AvgIpc) is 3.39. The molecule has 0 amide bonds. The molecule has 1 aliphatic heterocycles. The van der Waals surface area contributed by atoms with E-state index in [-0.39, 0.29) is 24.8 Å². The number of rotatable bonds is 4. The van der Waals surface area contributed by atoms with Gasteiger partial charge in [-0.3, -0.25) is 9.36 Å². The largest absolute Gasteiger partial charge is 0.395 e. The van der Waals surface area contributed by atoms with E-state index in [1.807, 2.05) is 18.2 Å². The summed E-state index contributed by atoms with van der Waals surface area (Å²) in [6.07, 6.45) is 4.90. The minimum Gasteiger partial charge on any atom is -0.395 e. The summed E-state index contributed by atoms with van der Waals surface area (Å²) in [4.78, 5) is 36.0. The van der Waals surface area contributed by atoms with E-state index in [1.54, 1.807) is 17.0 Å². The van der Waals surface area contributed by atoms with Crippen LogP contribution in [0.2, 0.25) is 0 Å². The highest BCUT2D eigenvalue weighted by atomic mass is 16.3. The van der Waals surface area contributed by atoms with Gasteiger partial charge in [0.2, 0.25) is 0 Å². The number of nitrogens with one attached hydrogen (secondary N) is 1. The summed E-state index contributed by atoms with van der Waals surface area (Å²) in [6, 6.07) is 7.20. The number of aromatic amines is 1. The van der Waals surface area contributed by atoms with Crippen LogP contribution in [0.15, 0.2) is 41.7 Å². The zero-order valence-electron chi connectivity index (χ0n) is 15.1. The van der Waals surface area contributed by atoms with Crippen LogP contribution in [0.3, 0.4) is 0 Å². The fourth-order valence-electron chi connectivity index (χ4n) is 4.01. The van der Waals surface area contributed by atoms with Gasteiger partial charge in [-0.1, -0.05) is 12.1 Å². The van der Waals surface area contributed by atoms with Crippen molar-refractivity contribution in [2.45, 2.75) is 25.4 Å². The highest BCUT2D eigenvalue weighted by Crippen LogP contribution is 2.36. The molecule has 4 aromatic rings. The minimum atomic E-state index is -0.129. The van der Waals surface area contributed by atoms with Crippen molar-refractivity contribution in [1.82, 2.24) is 29.5 Å². The molecule has 142 valence electrons. The van der Waals surface area contributed by atoms with Gasteiger partial charge in [0.15, 0.2) is 11.5 Å². The molecule has 2 N–H and O–H groups in total. The number of nitrogens with zero attached hydrogens (tertiary/aromatic N) is 6. The molecule has 1 atom stereocenters. The third-order valence-electron chi connectivity index (χ3n) is 5.24. The molecule has 28 heavy (non-hydrogen) atoms. The Labute approximate surface area is 159 Å². The van der Waals surface area contributed by atoms with E-state index in [9.17, 15) is 9.90 Å². The number of aliphatic hydroxyl groups excluding tert-OH is 1. The number of para-hydroxylation sites is 1. The Morgan fingerprint density at radius 3 is 3.00 bits per heavy atom. The first-order valence-electron chi connectivity index (χ1n) is 9.29. The molecule has 0 aliphatic carbocycles. The number of aromatic nitrogens is 6. The van der Waals surface area contributed by atoms with E-state index >= 15 is 0 Å². The molecule has 1 aromatic carbocycles. The zero-order valence-corrected chi connectivity index (χ0v) is 15.1. The van der Waals surface area contributed by atoms with E-state index in [0.717, 1.165) is 30.7 Å². The second-order valence-corrected chi connectivity index (χ2v) is 6.82. The van der Waals surface area contributed by atoms with Gasteiger partial charge in [0.25, 0.3) is 5.56 Å². The van der Waals surface area contributed by atoms with E-state index in [4.69, 9.17) is 4.98 Å². The molecule has 1 unspecified atom stereocenters. The number of hydrogen-bond donors (Lipinski definition) is 2. The van der Waals surface area contributed by atoms with Gasteiger partial charge in [0.1, 0.15) is 17.7 Å². The molecule has 4 heterocycles. The Kier molecular flexibility index (Phi) is 4.01. The van der Waals surface area contributed by atoms with Crippen molar-refractivity contribution in [2.24, 2.45) is 0 Å². The molecule has 0 bridgehead atoms. The minimum absolute atomic E-state index is 0.120. The molecule has 1 aliphatic rings. The summed E-state index contributed by atoms with van der Waals surface area (Å²) in [7, 11) is 0. The van der Waals surface area contributed by atoms with Gasteiger partial charge in [-0.25, -0.2) is 19.9 Å². The van der Waals surface area contributed by atoms with Crippen LogP contribution in [-0.2, 0) is 6.54 Å². The number of benzene rings is 1. The lowest BCUT2D eigenvalue weighted by Crippen LogP contribution is -2.33. The third kappa shape index (κ3) is 2.55. The normalized spacial score (nSPS) is 17.0. The Morgan fingerprint density at radius 1 is 1.21 bits per heavy atom. The maximum absolute atomic E-state index is 13.1. The van der Waals surface area contributed by atoms with Crippen LogP contribution in [0.25, 0.3) is 22.1 Å². The quantitative estimate of drug-likeness (QED) is 0.553. The van der Waals surface area contributed by atoms with Crippen LogP contribution in [-0.4, -0.2) is 47.7 Å². The van der Waals surface area contributed by atoms with E-state index in [0.29, 0.717) is 22.4 Å². The molecule has 1 fully saturated rings. The lowest BCUT2D eigenvalue weighted by atomic mass is 10.1. The molecule has 0 spiro atoms. The van der Waals surface area contributed by atoms with Gasteiger partial charge >= 0.3 is 0 Å². The molecule has 9 nitrogen and oxygen atoms in total. The van der Waals surface area contributed by atoms with Gasteiger partial charge in [-0.05, 0) is 25.0 Å². The van der Waals surface area contributed by atoms with Crippen molar-refractivity contribution in [3.8, 4) is 0 Å². The van der Waals surface area contributed by atoms with Gasteiger partial charge in [0, 0.05) is 6.54 Å². The van der Waals surface area contributed by atoms with Crippen LogP contribution in [0.4, 0.5) is 5.82 Å². The second-order valence-electron chi connectivity index (χ2n) is 6.82. The van der Waals surface area contributed by atoms with E-state index < -0.39 is 0 Å². The Balaban J connectivity index is 1.69. The van der Waals surface area contributed by atoms with Crippen molar-refractivity contribution >= 4 is 27.9 Å². The smallest absolute Gasteiger partial charge is 0.261 e. The first-order valence-corrected chi connectivity index (χ1v) is 9.29. The van der Waals surface area contributed by atoms with Crippen LogP contribution < -0.4 is 10.5 Å². The Morgan fingerprint density at radius 2 is 2.11 bits per heavy atom. The van der Waals surface area contributed by atoms with Crippen LogP contribution in [0, 0.1) is 0 Å². The molecule has 0 radical (unpaired) electrons. The first-order chi connectivity index (χ1) is 13.8. The molecule has 3 aromatic heterocycles. The summed E-state index contributed by atoms with van der Waals surface area (Å²) >= 11 is 0. The Hall–Kier alpha value is -3.33. The second kappa shape index (κ2) is 6.68. The molecule has 9 heteroatoms. The van der Waals surface area contributed by atoms with Gasteiger partial charge in [0.05, 0.1) is 36.4 Å². The van der Waals surface area contributed by atoms with Crippen molar-refractivity contribution in [2.75, 3.05) is 18.1 Å². The number of H-pyrrole nitrogens is 1. The van der Waals surface area contributed by atoms with Crippen molar-refractivity contribution < 1.29 is 5.11 Å². The Bertz CT molecular complexity index is 1220. The van der Waals surface area contributed by atoms with Crippen LogP contribution >= 0.6 is 0 Å². The summed E-state index contributed by atoms with van der Waals surface area (Å²) < 4.78 is 1.59. The molecule has 0 saturated carbocycles. The lowest BCUT2D eigenvalue weighted by molar-refractivity contribution is 0.270. The van der Waals surface area contributed by atoms with Gasteiger partial charge in [-0.2, -0.15) is 0 Å². The average molecular weight is 377 g/mol. The van der Waals surface area contributed by atoms with Crippen molar-refractivity contribution in [3.63, 3.8) is 0 Å². The lowest BCUT2D eigenvalue weighted by Gasteiger charge is -2.27. The maximum Gasteiger partial charge on any atom is 0.261 e. The fraction of sp³-hybridized carbons (Fsp3) is 0.316. The number of fused-ring (bicyclic) bond motifs is 2. The molecular formula is C19H19N7O2. The monoisotopic (exact) mass is 377 g/mol. The number of imidazole rings is 1. The SMILES string of the molecule is O=c1c2ccccc2nc(C2CCCN2c2ncnc3nc[nH]c23)n1CCO. The summed E-state index contributed by atoms with van der Waals surface area (Å²) in [5, 5.41) is 10.1. The number of anilines is 1. The molecular weight excluding hydrogens is 358 g/mol. The van der Waals surface area contributed by atoms with Gasteiger partial charge in [-0.15, -0.1) is 0 Å². The predicted octanol–water partition coefficient (Wildman–Crippen LogP) is 1.40. The number of hydrogen-bond acceptors (Lipinski definition) is 7. The fourth-order valence-corrected chi connectivity index (χ4v) is 4.01. The number of aliphatic hydroxyl groups is 1. The van der Waals surface area contributed by atoms with Crippen molar-refractivity contribution in [3.05, 3.63) is 53.1 Å². The third-order valence-corrected chi connectivity index (χ3v) is 5.24.